The van der Waals surface area contributed by atoms with E-state index in [1.165, 1.54) is 5.56 Å². The van der Waals surface area contributed by atoms with Crippen LogP contribution in [0.15, 0.2) is 54.6 Å². The van der Waals surface area contributed by atoms with Crippen molar-refractivity contribution in [1.29, 1.82) is 0 Å². The van der Waals surface area contributed by atoms with E-state index in [1.54, 1.807) is 36.7 Å². The third kappa shape index (κ3) is 6.92. The first-order valence-corrected chi connectivity index (χ1v) is 10.4. The lowest BCUT2D eigenvalue weighted by molar-refractivity contribution is -0.140. The van der Waals surface area contributed by atoms with Crippen molar-refractivity contribution in [3.8, 4) is 0 Å². The predicted octanol–water partition coefficient (Wildman–Crippen LogP) is 4.13. The zero-order valence-corrected chi connectivity index (χ0v) is 17.2. The summed E-state index contributed by atoms with van der Waals surface area (Å²) in [7, 11) is 1.58. The van der Waals surface area contributed by atoms with Crippen molar-refractivity contribution in [3.05, 3.63) is 70.7 Å². The summed E-state index contributed by atoms with van der Waals surface area (Å²) in [6.45, 7) is 2.11. The molecule has 1 N–H and O–H groups in total. The molecule has 6 heteroatoms. The van der Waals surface area contributed by atoms with E-state index < -0.39 is 6.04 Å². The molecule has 0 bridgehead atoms. The van der Waals surface area contributed by atoms with Gasteiger partial charge in [0.05, 0.1) is 0 Å². The fourth-order valence-electron chi connectivity index (χ4n) is 2.69. The van der Waals surface area contributed by atoms with Gasteiger partial charge in [0.15, 0.2) is 0 Å². The predicted molar refractivity (Wildman–Crippen MR) is 113 cm³/mol. The Hall–Kier alpha value is -1.98. The van der Waals surface area contributed by atoms with Gasteiger partial charge in [0.25, 0.3) is 0 Å². The third-order valence-corrected chi connectivity index (χ3v) is 5.49. The van der Waals surface area contributed by atoms with Crippen LogP contribution >= 0.6 is 23.4 Å². The normalized spacial score (nSPS) is 11.7. The number of thioether (sulfide) groups is 1. The lowest BCUT2D eigenvalue weighted by Gasteiger charge is -2.28. The first kappa shape index (κ1) is 21.3. The van der Waals surface area contributed by atoms with Crippen molar-refractivity contribution in [2.24, 2.45) is 0 Å². The highest BCUT2D eigenvalue weighted by molar-refractivity contribution is 7.98. The summed E-state index contributed by atoms with van der Waals surface area (Å²) in [6.07, 6.45) is 0.388. The first-order valence-electron chi connectivity index (χ1n) is 8.88. The lowest BCUT2D eigenvalue weighted by atomic mass is 10.1. The highest BCUT2D eigenvalue weighted by atomic mass is 35.5. The fourth-order valence-corrected chi connectivity index (χ4v) is 3.80. The summed E-state index contributed by atoms with van der Waals surface area (Å²) < 4.78 is 0. The Balaban J connectivity index is 1.96. The molecule has 0 heterocycles. The van der Waals surface area contributed by atoms with Crippen LogP contribution in [0.25, 0.3) is 0 Å². The minimum atomic E-state index is -0.541. The molecule has 144 valence electrons. The number of halogens is 1. The number of benzene rings is 2. The van der Waals surface area contributed by atoms with E-state index in [2.05, 4.69) is 17.4 Å². The molecule has 0 aliphatic heterocycles. The van der Waals surface area contributed by atoms with Gasteiger partial charge in [-0.05, 0) is 30.2 Å². The standard InChI is InChI=1S/C21H25ClN2O2S/c1-16(21(26)23-2)24(14-18-9-6-10-19(22)13-18)20(25)11-12-27-15-17-7-4-3-5-8-17/h3-10,13,16H,11-12,14-15H2,1-2H3,(H,23,26). The maximum Gasteiger partial charge on any atom is 0.242 e. The molecule has 2 rings (SSSR count). The van der Waals surface area contributed by atoms with Gasteiger partial charge in [0.1, 0.15) is 6.04 Å². The van der Waals surface area contributed by atoms with Gasteiger partial charge in [0, 0.05) is 36.5 Å². The minimum Gasteiger partial charge on any atom is -0.357 e. The topological polar surface area (TPSA) is 49.4 Å². The molecule has 0 aliphatic carbocycles. The van der Waals surface area contributed by atoms with Crippen molar-refractivity contribution >= 4 is 35.2 Å². The molecule has 27 heavy (non-hydrogen) atoms. The molecular weight excluding hydrogens is 380 g/mol. The van der Waals surface area contributed by atoms with Gasteiger partial charge in [-0.3, -0.25) is 9.59 Å². The first-order chi connectivity index (χ1) is 13.0. The van der Waals surface area contributed by atoms with Gasteiger partial charge in [0.2, 0.25) is 11.8 Å². The summed E-state index contributed by atoms with van der Waals surface area (Å²) in [5.41, 5.74) is 2.15. The number of carbonyl (C=O) groups is 2. The Bertz CT molecular complexity index is 755. The maximum atomic E-state index is 12.8. The molecule has 0 aliphatic rings. The Labute approximate surface area is 170 Å². The number of nitrogens with one attached hydrogen (secondary N) is 1. The number of hydrogen-bond donors (Lipinski definition) is 1. The molecule has 1 unspecified atom stereocenters. The number of carbonyl (C=O) groups excluding carboxylic acids is 2. The Morgan fingerprint density at radius 1 is 1.11 bits per heavy atom. The highest BCUT2D eigenvalue weighted by Gasteiger charge is 2.25. The second-order valence-electron chi connectivity index (χ2n) is 6.23. The third-order valence-electron chi connectivity index (χ3n) is 4.23. The van der Waals surface area contributed by atoms with Crippen LogP contribution in [-0.2, 0) is 21.9 Å². The van der Waals surface area contributed by atoms with Crippen LogP contribution < -0.4 is 5.32 Å². The number of hydrogen-bond acceptors (Lipinski definition) is 3. The molecule has 1 atom stereocenters. The molecule has 0 saturated carbocycles. The number of nitrogens with zero attached hydrogens (tertiary/aromatic N) is 1. The molecule has 2 aromatic carbocycles. The molecule has 2 aromatic rings. The van der Waals surface area contributed by atoms with Crippen molar-refractivity contribution in [2.75, 3.05) is 12.8 Å². The van der Waals surface area contributed by atoms with E-state index >= 15 is 0 Å². The van der Waals surface area contributed by atoms with Gasteiger partial charge < -0.3 is 10.2 Å². The van der Waals surface area contributed by atoms with Crippen LogP contribution in [0, 0.1) is 0 Å². The summed E-state index contributed by atoms with van der Waals surface area (Å²) in [5.74, 6) is 1.36. The van der Waals surface area contributed by atoms with Crippen molar-refractivity contribution < 1.29 is 9.59 Å². The second-order valence-corrected chi connectivity index (χ2v) is 7.77. The molecule has 2 amide bonds. The van der Waals surface area contributed by atoms with E-state index in [1.807, 2.05) is 36.4 Å². The van der Waals surface area contributed by atoms with Gasteiger partial charge in [-0.1, -0.05) is 54.1 Å². The van der Waals surface area contributed by atoms with Gasteiger partial charge in [-0.15, -0.1) is 0 Å². The summed E-state index contributed by atoms with van der Waals surface area (Å²) in [4.78, 5) is 26.5. The average molecular weight is 405 g/mol. The van der Waals surface area contributed by atoms with E-state index in [0.29, 0.717) is 23.7 Å². The van der Waals surface area contributed by atoms with Crippen molar-refractivity contribution in [1.82, 2.24) is 10.2 Å². The van der Waals surface area contributed by atoms with Crippen molar-refractivity contribution in [2.45, 2.75) is 31.7 Å². The SMILES string of the molecule is CNC(=O)C(C)N(Cc1cccc(Cl)c1)C(=O)CCSCc1ccccc1. The number of likely N-dealkylation sites (N-methyl/N-ethyl adjacent to an activating group) is 1. The second kappa shape index (κ2) is 11.0. The smallest absolute Gasteiger partial charge is 0.242 e. The number of rotatable bonds is 9. The molecular formula is C21H25ClN2O2S. The lowest BCUT2D eigenvalue weighted by Crippen LogP contribution is -2.46. The highest BCUT2D eigenvalue weighted by Crippen LogP contribution is 2.17. The number of amides is 2. The largest absolute Gasteiger partial charge is 0.357 e. The summed E-state index contributed by atoms with van der Waals surface area (Å²) in [5, 5.41) is 3.24. The van der Waals surface area contributed by atoms with Crippen LogP contribution in [0.2, 0.25) is 5.02 Å². The Morgan fingerprint density at radius 3 is 2.48 bits per heavy atom. The van der Waals surface area contributed by atoms with E-state index in [0.717, 1.165) is 11.3 Å². The Morgan fingerprint density at radius 2 is 1.81 bits per heavy atom. The molecule has 0 saturated heterocycles. The molecule has 0 radical (unpaired) electrons. The zero-order chi connectivity index (χ0) is 19.6. The maximum absolute atomic E-state index is 12.8. The quantitative estimate of drug-likeness (QED) is 0.639. The van der Waals surface area contributed by atoms with Gasteiger partial charge in [-0.25, -0.2) is 0 Å². The van der Waals surface area contributed by atoms with Crippen LogP contribution in [0.5, 0.6) is 0 Å². The summed E-state index contributed by atoms with van der Waals surface area (Å²) in [6, 6.07) is 17.0. The van der Waals surface area contributed by atoms with Crippen molar-refractivity contribution in [3.63, 3.8) is 0 Å². The van der Waals surface area contributed by atoms with E-state index in [9.17, 15) is 9.59 Å². The van der Waals surface area contributed by atoms with Crippen LogP contribution in [-0.4, -0.2) is 35.6 Å². The molecule has 0 fully saturated rings. The van der Waals surface area contributed by atoms with Crippen LogP contribution in [0.3, 0.4) is 0 Å². The average Bonchev–Trinajstić information content (AvgIpc) is 2.69. The minimum absolute atomic E-state index is 0.0355. The fraction of sp³-hybridized carbons (Fsp3) is 0.333. The Kier molecular flexibility index (Phi) is 8.69. The molecule has 4 nitrogen and oxygen atoms in total. The molecule has 0 spiro atoms. The van der Waals surface area contributed by atoms with E-state index in [-0.39, 0.29) is 11.8 Å². The zero-order valence-electron chi connectivity index (χ0n) is 15.7. The van der Waals surface area contributed by atoms with Crippen LogP contribution in [0.1, 0.15) is 24.5 Å². The monoisotopic (exact) mass is 404 g/mol. The molecule has 0 aromatic heterocycles. The van der Waals surface area contributed by atoms with Gasteiger partial charge in [-0.2, -0.15) is 11.8 Å². The summed E-state index contributed by atoms with van der Waals surface area (Å²) >= 11 is 7.77. The van der Waals surface area contributed by atoms with E-state index in [4.69, 9.17) is 11.6 Å². The van der Waals surface area contributed by atoms with Gasteiger partial charge >= 0.3 is 0 Å². The van der Waals surface area contributed by atoms with Crippen LogP contribution in [0.4, 0.5) is 0 Å².